The van der Waals surface area contributed by atoms with Crippen LogP contribution in [0.15, 0.2) is 36.5 Å². The molecule has 0 radical (unpaired) electrons. The van der Waals surface area contributed by atoms with Gasteiger partial charge in [0.05, 0.1) is 0 Å². The summed E-state index contributed by atoms with van der Waals surface area (Å²) in [5, 5.41) is 0. The van der Waals surface area contributed by atoms with Crippen LogP contribution in [-0.2, 0) is 0 Å². The van der Waals surface area contributed by atoms with Gasteiger partial charge in [-0.15, -0.1) is 0 Å². The molecule has 2 aliphatic carbocycles. The second kappa shape index (κ2) is 3.75. The third kappa shape index (κ3) is 1.69. The lowest BCUT2D eigenvalue weighted by molar-refractivity contribution is 0.337. The highest BCUT2D eigenvalue weighted by Crippen LogP contribution is 2.32. The van der Waals surface area contributed by atoms with Crippen molar-refractivity contribution >= 4 is 0 Å². The molecule has 12 heavy (non-hydrogen) atoms. The Morgan fingerprint density at radius 1 is 0.667 bits per heavy atom. The summed E-state index contributed by atoms with van der Waals surface area (Å²) in [7, 11) is 0. The van der Waals surface area contributed by atoms with E-state index in [1.54, 1.807) is 0 Å². The van der Waals surface area contributed by atoms with E-state index in [0.717, 1.165) is 11.8 Å². The number of hydrogen-bond donors (Lipinski definition) is 0. The number of rotatable bonds is 0. The van der Waals surface area contributed by atoms with E-state index in [1.165, 1.54) is 25.7 Å². The van der Waals surface area contributed by atoms with Crippen LogP contribution in [0, 0.1) is 11.8 Å². The second-order valence-electron chi connectivity index (χ2n) is 3.77. The summed E-state index contributed by atoms with van der Waals surface area (Å²) in [6.45, 7) is 0. The third-order valence-electron chi connectivity index (χ3n) is 2.92. The molecule has 2 aliphatic rings. The fraction of sp³-hybridized carbons (Fsp3) is 0.500. The van der Waals surface area contributed by atoms with Crippen molar-refractivity contribution in [2.24, 2.45) is 11.8 Å². The predicted octanol–water partition coefficient (Wildman–Crippen LogP) is 3.48. The molecule has 0 N–H and O–H groups in total. The summed E-state index contributed by atoms with van der Waals surface area (Å²) in [6.07, 6.45) is 19.0. The van der Waals surface area contributed by atoms with E-state index >= 15 is 0 Å². The van der Waals surface area contributed by atoms with Crippen molar-refractivity contribution in [1.82, 2.24) is 0 Å². The van der Waals surface area contributed by atoms with Gasteiger partial charge >= 0.3 is 0 Å². The van der Waals surface area contributed by atoms with Crippen LogP contribution in [0.2, 0.25) is 0 Å². The molecule has 2 atom stereocenters. The topological polar surface area (TPSA) is 0 Å². The zero-order valence-electron chi connectivity index (χ0n) is 7.45. The number of hydrogen-bond acceptors (Lipinski definition) is 0. The minimum absolute atomic E-state index is 0.819. The van der Waals surface area contributed by atoms with Crippen LogP contribution in [-0.4, -0.2) is 0 Å². The van der Waals surface area contributed by atoms with E-state index in [9.17, 15) is 0 Å². The molecule has 2 rings (SSSR count). The standard InChI is InChI=1S/C12H16/c1-2-4-8-12-10-6-5-9-11(12)7-3-1/h1-4,7-8,11-12H,5-6,9-10H2/b2-1-,7-3-,8-4-/t11-,12-/m1/s1. The maximum atomic E-state index is 2.38. The Morgan fingerprint density at radius 2 is 1.17 bits per heavy atom. The Labute approximate surface area is 74.7 Å². The highest BCUT2D eigenvalue weighted by atomic mass is 14.2. The Bertz CT molecular complexity index is 196. The molecule has 0 amide bonds. The summed E-state index contributed by atoms with van der Waals surface area (Å²) in [4.78, 5) is 0. The van der Waals surface area contributed by atoms with Crippen LogP contribution >= 0.6 is 0 Å². The van der Waals surface area contributed by atoms with Crippen molar-refractivity contribution in [1.29, 1.82) is 0 Å². The van der Waals surface area contributed by atoms with Gasteiger partial charge in [-0.3, -0.25) is 0 Å². The lowest BCUT2D eigenvalue weighted by Gasteiger charge is -2.27. The summed E-state index contributed by atoms with van der Waals surface area (Å²) < 4.78 is 0. The van der Waals surface area contributed by atoms with E-state index in [0.29, 0.717) is 0 Å². The molecule has 1 fully saturated rings. The smallest absolute Gasteiger partial charge is 0.0167 e. The minimum Gasteiger partial charge on any atom is -0.0808 e. The van der Waals surface area contributed by atoms with Gasteiger partial charge in [0.25, 0.3) is 0 Å². The van der Waals surface area contributed by atoms with Gasteiger partial charge in [-0.1, -0.05) is 49.3 Å². The molecule has 1 saturated carbocycles. The number of fused-ring (bicyclic) bond motifs is 1. The van der Waals surface area contributed by atoms with Crippen LogP contribution in [0.4, 0.5) is 0 Å². The van der Waals surface area contributed by atoms with Gasteiger partial charge < -0.3 is 0 Å². The van der Waals surface area contributed by atoms with Crippen LogP contribution in [0.5, 0.6) is 0 Å². The summed E-state index contributed by atoms with van der Waals surface area (Å²) in [5.74, 6) is 1.64. The molecule has 0 aromatic rings. The first-order valence-corrected chi connectivity index (χ1v) is 4.98. The SMILES string of the molecule is C1=C\C=C/[C@@H]2CCCC[C@H]2\C=C/1. The predicted molar refractivity (Wildman–Crippen MR) is 52.9 cm³/mol. The fourth-order valence-corrected chi connectivity index (χ4v) is 2.21. The Morgan fingerprint density at radius 3 is 1.67 bits per heavy atom. The van der Waals surface area contributed by atoms with Crippen LogP contribution in [0.1, 0.15) is 25.7 Å². The first-order chi connectivity index (χ1) is 5.97. The van der Waals surface area contributed by atoms with Crippen molar-refractivity contribution < 1.29 is 0 Å². The molecular weight excluding hydrogens is 144 g/mol. The summed E-state index contributed by atoms with van der Waals surface area (Å²) in [6, 6.07) is 0. The van der Waals surface area contributed by atoms with Crippen molar-refractivity contribution in [3.63, 3.8) is 0 Å². The zero-order valence-corrected chi connectivity index (χ0v) is 7.45. The average molecular weight is 160 g/mol. The van der Waals surface area contributed by atoms with Crippen LogP contribution in [0.25, 0.3) is 0 Å². The maximum Gasteiger partial charge on any atom is -0.0167 e. The lowest BCUT2D eigenvalue weighted by atomic mass is 9.78. The van der Waals surface area contributed by atoms with Gasteiger partial charge in [0, 0.05) is 0 Å². The van der Waals surface area contributed by atoms with Crippen molar-refractivity contribution in [2.75, 3.05) is 0 Å². The highest BCUT2D eigenvalue weighted by Gasteiger charge is 2.20. The summed E-state index contributed by atoms with van der Waals surface area (Å²) in [5.41, 5.74) is 0. The maximum absolute atomic E-state index is 2.38. The molecule has 0 nitrogen and oxygen atoms in total. The monoisotopic (exact) mass is 160 g/mol. The molecule has 0 aromatic heterocycles. The Hall–Kier alpha value is -0.780. The van der Waals surface area contributed by atoms with E-state index in [4.69, 9.17) is 0 Å². The second-order valence-corrected chi connectivity index (χ2v) is 3.77. The molecular formula is C12H16. The summed E-state index contributed by atoms with van der Waals surface area (Å²) >= 11 is 0. The van der Waals surface area contributed by atoms with Crippen LogP contribution in [0.3, 0.4) is 0 Å². The lowest BCUT2D eigenvalue weighted by Crippen LogP contribution is -2.15. The van der Waals surface area contributed by atoms with Crippen molar-refractivity contribution in [3.8, 4) is 0 Å². The average Bonchev–Trinajstić information content (AvgIpc) is 2.06. The normalized spacial score (nSPS) is 42.0. The van der Waals surface area contributed by atoms with E-state index < -0.39 is 0 Å². The van der Waals surface area contributed by atoms with Crippen molar-refractivity contribution in [3.05, 3.63) is 36.5 Å². The molecule has 64 valence electrons. The highest BCUT2D eigenvalue weighted by molar-refractivity contribution is 5.17. The molecule has 0 aromatic carbocycles. The first kappa shape index (κ1) is 7.85. The zero-order chi connectivity index (χ0) is 8.23. The third-order valence-corrected chi connectivity index (χ3v) is 2.92. The van der Waals surface area contributed by atoms with E-state index in [-0.39, 0.29) is 0 Å². The molecule has 0 saturated heterocycles. The van der Waals surface area contributed by atoms with Gasteiger partial charge in [-0.2, -0.15) is 0 Å². The van der Waals surface area contributed by atoms with E-state index in [1.807, 2.05) is 0 Å². The molecule has 0 heterocycles. The quantitative estimate of drug-likeness (QED) is 0.509. The molecule has 0 aliphatic heterocycles. The van der Waals surface area contributed by atoms with Crippen molar-refractivity contribution in [2.45, 2.75) is 25.7 Å². The fourth-order valence-electron chi connectivity index (χ4n) is 2.21. The minimum atomic E-state index is 0.819. The molecule has 0 bridgehead atoms. The Balaban J connectivity index is 2.15. The van der Waals surface area contributed by atoms with Gasteiger partial charge in [-0.05, 0) is 24.7 Å². The van der Waals surface area contributed by atoms with Gasteiger partial charge in [0.2, 0.25) is 0 Å². The van der Waals surface area contributed by atoms with Crippen LogP contribution < -0.4 is 0 Å². The Kier molecular flexibility index (Phi) is 2.45. The van der Waals surface area contributed by atoms with Gasteiger partial charge in [0.15, 0.2) is 0 Å². The van der Waals surface area contributed by atoms with Gasteiger partial charge in [-0.25, -0.2) is 0 Å². The van der Waals surface area contributed by atoms with E-state index in [2.05, 4.69) is 36.5 Å². The molecule has 0 heteroatoms. The number of allylic oxidation sites excluding steroid dienone is 6. The first-order valence-electron chi connectivity index (χ1n) is 4.98. The van der Waals surface area contributed by atoms with Gasteiger partial charge in [0.1, 0.15) is 0 Å². The largest absolute Gasteiger partial charge is 0.0808 e. The molecule has 0 unspecified atom stereocenters. The molecule has 0 spiro atoms.